The van der Waals surface area contributed by atoms with Crippen LogP contribution >= 0.6 is 0 Å². The first-order valence-electron chi connectivity index (χ1n) is 8.40. The van der Waals surface area contributed by atoms with Crippen molar-refractivity contribution in [1.29, 1.82) is 0 Å². The van der Waals surface area contributed by atoms with Crippen LogP contribution in [0.4, 0.5) is 4.39 Å². The summed E-state index contributed by atoms with van der Waals surface area (Å²) < 4.78 is 24.7. The Balaban J connectivity index is 1.79. The Bertz CT molecular complexity index is 718. The van der Waals surface area contributed by atoms with Gasteiger partial charge in [-0.1, -0.05) is 25.1 Å². The Kier molecular flexibility index (Phi) is 6.81. The highest BCUT2D eigenvalue weighted by Gasteiger charge is 2.19. The van der Waals surface area contributed by atoms with E-state index in [9.17, 15) is 9.18 Å². The van der Waals surface area contributed by atoms with E-state index < -0.39 is 11.9 Å². The summed E-state index contributed by atoms with van der Waals surface area (Å²) in [6.07, 6.45) is -0.295. The first-order chi connectivity index (χ1) is 12.0. The average molecular weight is 345 g/mol. The third-order valence-electron chi connectivity index (χ3n) is 3.92. The molecule has 1 N–H and O–H groups in total. The van der Waals surface area contributed by atoms with Crippen LogP contribution in [0.5, 0.6) is 11.5 Å². The third-order valence-corrected chi connectivity index (χ3v) is 3.92. The summed E-state index contributed by atoms with van der Waals surface area (Å²) in [5.74, 6) is 0.0872. The van der Waals surface area contributed by atoms with Gasteiger partial charge in [0, 0.05) is 0 Å². The number of rotatable bonds is 8. The van der Waals surface area contributed by atoms with Gasteiger partial charge in [0.2, 0.25) is 0 Å². The SMILES string of the molecule is CCC(Oc1ccccc1F)C(=O)NCCOc1ccc(C)c(C)c1. The molecule has 0 aliphatic carbocycles. The normalized spacial score (nSPS) is 11.7. The molecule has 4 nitrogen and oxygen atoms in total. The Morgan fingerprint density at radius 1 is 1.16 bits per heavy atom. The standard InChI is InChI=1S/C20H24FNO3/c1-4-18(25-19-8-6-5-7-17(19)21)20(23)22-11-12-24-16-10-9-14(2)15(3)13-16/h5-10,13,18H,4,11-12H2,1-3H3,(H,22,23). The van der Waals surface area contributed by atoms with Crippen LogP contribution in [0.2, 0.25) is 0 Å². The van der Waals surface area contributed by atoms with Gasteiger partial charge in [0.05, 0.1) is 6.54 Å². The minimum atomic E-state index is -0.737. The van der Waals surface area contributed by atoms with E-state index in [4.69, 9.17) is 9.47 Å². The van der Waals surface area contributed by atoms with Crippen LogP contribution in [0, 0.1) is 19.7 Å². The second-order valence-electron chi connectivity index (χ2n) is 5.83. The number of nitrogens with one attached hydrogen (secondary N) is 1. The van der Waals surface area contributed by atoms with Crippen molar-refractivity contribution in [2.24, 2.45) is 0 Å². The molecule has 1 amide bonds. The summed E-state index contributed by atoms with van der Waals surface area (Å²) in [4.78, 5) is 12.2. The molecule has 0 aliphatic rings. The lowest BCUT2D eigenvalue weighted by molar-refractivity contribution is -0.128. The van der Waals surface area contributed by atoms with Crippen molar-refractivity contribution < 1.29 is 18.7 Å². The van der Waals surface area contributed by atoms with E-state index in [1.54, 1.807) is 12.1 Å². The maximum atomic E-state index is 13.6. The van der Waals surface area contributed by atoms with Crippen LogP contribution in [0.1, 0.15) is 24.5 Å². The first kappa shape index (κ1) is 18.8. The van der Waals surface area contributed by atoms with Crippen molar-refractivity contribution in [3.63, 3.8) is 0 Å². The molecular formula is C20H24FNO3. The van der Waals surface area contributed by atoms with Gasteiger partial charge in [-0.3, -0.25) is 4.79 Å². The summed E-state index contributed by atoms with van der Waals surface area (Å²) >= 11 is 0. The molecule has 0 heterocycles. The molecular weight excluding hydrogens is 321 g/mol. The summed E-state index contributed by atoms with van der Waals surface area (Å²) in [6, 6.07) is 11.9. The van der Waals surface area contributed by atoms with Gasteiger partial charge in [-0.05, 0) is 55.7 Å². The molecule has 1 unspecified atom stereocenters. The zero-order valence-corrected chi connectivity index (χ0v) is 14.8. The van der Waals surface area contributed by atoms with Gasteiger partial charge in [-0.25, -0.2) is 4.39 Å². The number of hydrogen-bond donors (Lipinski definition) is 1. The van der Waals surface area contributed by atoms with Gasteiger partial charge in [0.15, 0.2) is 17.7 Å². The van der Waals surface area contributed by atoms with Gasteiger partial charge in [-0.2, -0.15) is 0 Å². The van der Waals surface area contributed by atoms with Gasteiger partial charge >= 0.3 is 0 Å². The molecule has 0 aromatic heterocycles. The average Bonchev–Trinajstić information content (AvgIpc) is 2.60. The van der Waals surface area contributed by atoms with Gasteiger partial charge in [-0.15, -0.1) is 0 Å². The largest absolute Gasteiger partial charge is 0.492 e. The number of aryl methyl sites for hydroxylation is 2. The number of carbonyl (C=O) groups excluding carboxylic acids is 1. The number of amides is 1. The van der Waals surface area contributed by atoms with Crippen molar-refractivity contribution in [3.05, 3.63) is 59.4 Å². The highest BCUT2D eigenvalue weighted by Crippen LogP contribution is 2.18. The Labute approximate surface area is 148 Å². The van der Waals surface area contributed by atoms with Gasteiger partial charge in [0.25, 0.3) is 5.91 Å². The zero-order chi connectivity index (χ0) is 18.2. The van der Waals surface area contributed by atoms with Crippen molar-refractivity contribution in [2.45, 2.75) is 33.3 Å². The predicted octanol–water partition coefficient (Wildman–Crippen LogP) is 3.80. The number of carbonyl (C=O) groups is 1. The summed E-state index contributed by atoms with van der Waals surface area (Å²) in [6.45, 7) is 6.58. The lowest BCUT2D eigenvalue weighted by Crippen LogP contribution is -2.39. The first-order valence-corrected chi connectivity index (χ1v) is 8.40. The fraction of sp³-hybridized carbons (Fsp3) is 0.350. The molecule has 0 fully saturated rings. The minimum Gasteiger partial charge on any atom is -0.492 e. The smallest absolute Gasteiger partial charge is 0.261 e. The molecule has 2 aromatic rings. The molecule has 0 saturated heterocycles. The molecule has 0 spiro atoms. The molecule has 25 heavy (non-hydrogen) atoms. The minimum absolute atomic E-state index is 0.0795. The van der Waals surface area contributed by atoms with Crippen LogP contribution in [0.3, 0.4) is 0 Å². The number of para-hydroxylation sites is 1. The molecule has 2 rings (SSSR count). The van der Waals surface area contributed by atoms with Crippen LogP contribution in [-0.4, -0.2) is 25.2 Å². The van der Waals surface area contributed by atoms with Crippen molar-refractivity contribution in [3.8, 4) is 11.5 Å². The fourth-order valence-electron chi connectivity index (χ4n) is 2.28. The van der Waals surface area contributed by atoms with Crippen molar-refractivity contribution >= 4 is 5.91 Å². The van der Waals surface area contributed by atoms with Gasteiger partial charge < -0.3 is 14.8 Å². The maximum Gasteiger partial charge on any atom is 0.261 e. The summed E-state index contributed by atoms with van der Waals surface area (Å²) in [7, 11) is 0. The molecule has 2 aromatic carbocycles. The van der Waals surface area contributed by atoms with Crippen LogP contribution in [0.15, 0.2) is 42.5 Å². The Hall–Kier alpha value is -2.56. The van der Waals surface area contributed by atoms with E-state index >= 15 is 0 Å². The second-order valence-corrected chi connectivity index (χ2v) is 5.83. The summed E-state index contributed by atoms with van der Waals surface area (Å²) in [5.41, 5.74) is 2.36. The maximum absolute atomic E-state index is 13.6. The molecule has 5 heteroatoms. The van der Waals surface area contributed by atoms with E-state index in [1.807, 2.05) is 39.0 Å². The number of halogens is 1. The topological polar surface area (TPSA) is 47.6 Å². The lowest BCUT2D eigenvalue weighted by atomic mass is 10.1. The van der Waals surface area contributed by atoms with Crippen LogP contribution in [0.25, 0.3) is 0 Å². The molecule has 0 radical (unpaired) electrons. The number of benzene rings is 2. The Morgan fingerprint density at radius 2 is 1.92 bits per heavy atom. The number of hydrogen-bond acceptors (Lipinski definition) is 3. The van der Waals surface area contributed by atoms with E-state index in [-0.39, 0.29) is 11.7 Å². The van der Waals surface area contributed by atoms with E-state index in [1.165, 1.54) is 17.7 Å². The van der Waals surface area contributed by atoms with Gasteiger partial charge in [0.1, 0.15) is 12.4 Å². The van der Waals surface area contributed by atoms with Crippen LogP contribution in [-0.2, 0) is 4.79 Å². The van der Waals surface area contributed by atoms with Crippen LogP contribution < -0.4 is 14.8 Å². The van der Waals surface area contributed by atoms with E-state index in [2.05, 4.69) is 5.32 Å². The molecule has 134 valence electrons. The van der Waals surface area contributed by atoms with E-state index in [0.717, 1.165) is 11.3 Å². The molecule has 1 atom stereocenters. The predicted molar refractivity (Wildman–Crippen MR) is 95.5 cm³/mol. The summed E-state index contributed by atoms with van der Waals surface area (Å²) in [5, 5.41) is 2.76. The fourth-order valence-corrected chi connectivity index (χ4v) is 2.28. The molecule has 0 bridgehead atoms. The molecule has 0 aliphatic heterocycles. The van der Waals surface area contributed by atoms with Crippen molar-refractivity contribution in [2.75, 3.05) is 13.2 Å². The van der Waals surface area contributed by atoms with E-state index in [0.29, 0.717) is 19.6 Å². The lowest BCUT2D eigenvalue weighted by Gasteiger charge is -2.17. The Morgan fingerprint density at radius 3 is 2.60 bits per heavy atom. The number of ether oxygens (including phenoxy) is 2. The highest BCUT2D eigenvalue weighted by molar-refractivity contribution is 5.81. The zero-order valence-electron chi connectivity index (χ0n) is 14.8. The molecule has 0 saturated carbocycles. The van der Waals surface area contributed by atoms with Crippen molar-refractivity contribution in [1.82, 2.24) is 5.32 Å². The quantitative estimate of drug-likeness (QED) is 0.741. The highest BCUT2D eigenvalue weighted by atomic mass is 19.1. The second kappa shape index (κ2) is 9.06. The monoisotopic (exact) mass is 345 g/mol. The third kappa shape index (κ3) is 5.48.